The van der Waals surface area contributed by atoms with Gasteiger partial charge in [0.05, 0.1) is 111 Å². The molecular formula is C58H98F2N6+4. The van der Waals surface area contributed by atoms with Crippen LogP contribution >= 0.6 is 0 Å². The maximum absolute atomic E-state index is 15.5. The van der Waals surface area contributed by atoms with Crippen molar-refractivity contribution in [1.82, 2.24) is 0 Å². The standard InChI is InChI=1S/C58H98F2N6/c1-63(2,3)45-25-17-13-21-41-61(42-22-14-18-26-46-64(4,5)6)55-37-31-51(32-38-55)29-35-53-49-58(60)54(50-57(53)59)36-30-52-33-39-56(40-34-52)62(43-23-15-19-27-47-65(7,8)9)44-24-16-20-28-48-66(10,11)12/h29-40,49-50H,13-28,41-48H2,1-12H3/q+4/b35-29+,36-30+. The number of anilines is 2. The molecule has 66 heavy (non-hydrogen) atoms. The second-order valence-electron chi connectivity index (χ2n) is 23.4. The number of benzene rings is 3. The fourth-order valence-electron chi connectivity index (χ4n) is 8.51. The summed E-state index contributed by atoms with van der Waals surface area (Å²) in [5, 5.41) is 0. The minimum absolute atomic E-state index is 0.247. The maximum atomic E-state index is 15.5. The average molecular weight is 917 g/mol. The van der Waals surface area contributed by atoms with Crippen molar-refractivity contribution < 1.29 is 26.7 Å². The van der Waals surface area contributed by atoms with Crippen LogP contribution in [0.1, 0.15) is 125 Å². The summed E-state index contributed by atoms with van der Waals surface area (Å²) in [6.45, 7) is 9.10. The number of hydrogen-bond donors (Lipinski definition) is 0. The number of halogens is 2. The Morgan fingerprint density at radius 2 is 0.576 bits per heavy atom. The van der Waals surface area contributed by atoms with Crippen LogP contribution in [0.3, 0.4) is 0 Å². The smallest absolute Gasteiger partial charge is 0.131 e. The Morgan fingerprint density at radius 1 is 0.333 bits per heavy atom. The second kappa shape index (κ2) is 28.7. The molecule has 0 saturated carbocycles. The topological polar surface area (TPSA) is 6.48 Å². The van der Waals surface area contributed by atoms with Crippen LogP contribution in [0.4, 0.5) is 20.2 Å². The molecule has 0 spiro atoms. The van der Waals surface area contributed by atoms with Crippen LogP contribution in [0.15, 0.2) is 60.7 Å². The first-order chi connectivity index (χ1) is 31.1. The molecule has 370 valence electrons. The molecule has 0 atom stereocenters. The summed E-state index contributed by atoms with van der Waals surface area (Å²) >= 11 is 0. The van der Waals surface area contributed by atoms with E-state index in [-0.39, 0.29) is 11.1 Å². The minimum atomic E-state index is -0.432. The quantitative estimate of drug-likeness (QED) is 0.0335. The van der Waals surface area contributed by atoms with Crippen molar-refractivity contribution in [2.75, 3.05) is 147 Å². The van der Waals surface area contributed by atoms with Gasteiger partial charge in [-0.3, -0.25) is 0 Å². The Morgan fingerprint density at radius 3 is 0.818 bits per heavy atom. The first-order valence-electron chi connectivity index (χ1n) is 25.8. The molecule has 3 aromatic rings. The van der Waals surface area contributed by atoms with Crippen LogP contribution in [-0.2, 0) is 0 Å². The third kappa shape index (κ3) is 26.1. The zero-order valence-electron chi connectivity index (χ0n) is 44.5. The first kappa shape index (κ1) is 56.8. The van der Waals surface area contributed by atoms with Gasteiger partial charge in [0.25, 0.3) is 0 Å². The molecule has 0 unspecified atom stereocenters. The molecule has 0 aliphatic rings. The molecule has 0 bridgehead atoms. The zero-order valence-corrected chi connectivity index (χ0v) is 44.5. The molecule has 6 nitrogen and oxygen atoms in total. The van der Waals surface area contributed by atoms with Crippen LogP contribution in [0.2, 0.25) is 0 Å². The van der Waals surface area contributed by atoms with Gasteiger partial charge in [-0.15, -0.1) is 0 Å². The van der Waals surface area contributed by atoms with E-state index in [0.717, 1.165) is 55.2 Å². The van der Waals surface area contributed by atoms with Gasteiger partial charge in [0, 0.05) is 48.7 Å². The highest BCUT2D eigenvalue weighted by Crippen LogP contribution is 2.24. The van der Waals surface area contributed by atoms with Crippen molar-refractivity contribution in [3.05, 3.63) is 94.6 Å². The first-order valence-corrected chi connectivity index (χ1v) is 25.8. The van der Waals surface area contributed by atoms with E-state index in [4.69, 9.17) is 0 Å². The van der Waals surface area contributed by atoms with Crippen molar-refractivity contribution in [1.29, 1.82) is 0 Å². The molecular weight excluding hydrogens is 819 g/mol. The normalized spacial score (nSPS) is 12.8. The van der Waals surface area contributed by atoms with E-state index in [0.29, 0.717) is 0 Å². The molecule has 0 heterocycles. The van der Waals surface area contributed by atoms with Crippen LogP contribution in [0.5, 0.6) is 0 Å². The molecule has 0 N–H and O–H groups in total. The number of rotatable bonds is 34. The van der Waals surface area contributed by atoms with Gasteiger partial charge in [-0.1, -0.05) is 74.3 Å². The predicted octanol–water partition coefficient (Wildman–Crippen LogP) is 13.0. The summed E-state index contributed by atoms with van der Waals surface area (Å²) < 4.78 is 35.0. The molecule has 3 rings (SSSR count). The van der Waals surface area contributed by atoms with E-state index >= 15 is 8.78 Å². The summed E-state index contributed by atoms with van der Waals surface area (Å²) in [4.78, 5) is 5.10. The maximum Gasteiger partial charge on any atom is 0.131 e. The number of hydrogen-bond acceptors (Lipinski definition) is 2. The Labute approximate surface area is 404 Å². The van der Waals surface area contributed by atoms with Gasteiger partial charge in [0.15, 0.2) is 0 Å². The molecule has 0 amide bonds. The SMILES string of the molecule is C[N+](C)(C)CCCCCCN(CCCCCC[N+](C)(C)C)c1ccc(/C=C/c2cc(F)c(/C=C/c3ccc(N(CCCCCC[N+](C)(C)C)CCCCCC[N+](C)(C)C)cc3)cc2F)cc1. The van der Waals surface area contributed by atoms with Gasteiger partial charge in [-0.05, 0) is 125 Å². The lowest BCUT2D eigenvalue weighted by atomic mass is 10.1. The molecule has 0 saturated heterocycles. The molecule has 0 aliphatic carbocycles. The summed E-state index contributed by atoms with van der Waals surface area (Å²) in [7, 11) is 27.2. The number of nitrogens with zero attached hydrogens (tertiary/aromatic N) is 6. The fourth-order valence-corrected chi connectivity index (χ4v) is 8.51. The summed E-state index contributed by atoms with van der Waals surface area (Å²) in [6.07, 6.45) is 27.1. The second-order valence-corrected chi connectivity index (χ2v) is 23.4. The Bertz CT molecular complexity index is 1640. The van der Waals surface area contributed by atoms with Crippen molar-refractivity contribution in [2.45, 2.75) is 103 Å². The van der Waals surface area contributed by atoms with E-state index in [1.165, 1.54) is 152 Å². The molecule has 8 heteroatoms. The van der Waals surface area contributed by atoms with Gasteiger partial charge in [0.2, 0.25) is 0 Å². The summed E-state index contributed by atoms with van der Waals surface area (Å²) in [5.41, 5.74) is 4.90. The lowest BCUT2D eigenvalue weighted by Crippen LogP contribution is -2.35. The van der Waals surface area contributed by atoms with Crippen molar-refractivity contribution in [2.24, 2.45) is 0 Å². The van der Waals surface area contributed by atoms with E-state index < -0.39 is 11.6 Å². The van der Waals surface area contributed by atoms with Gasteiger partial charge < -0.3 is 27.7 Å². The number of quaternary nitrogens is 4. The van der Waals surface area contributed by atoms with Gasteiger partial charge in [0.1, 0.15) is 11.6 Å². The van der Waals surface area contributed by atoms with Crippen LogP contribution in [0, 0.1) is 11.6 Å². The molecule has 0 aromatic heterocycles. The summed E-state index contributed by atoms with van der Waals surface area (Å²) in [5.74, 6) is -0.863. The Hall–Kier alpha value is -3.56. The Kier molecular flexibility index (Phi) is 24.7. The van der Waals surface area contributed by atoms with Gasteiger partial charge in [-0.2, -0.15) is 0 Å². The Balaban J connectivity index is 1.61. The molecule has 0 fully saturated rings. The highest BCUT2D eigenvalue weighted by Gasteiger charge is 2.13. The van der Waals surface area contributed by atoms with Gasteiger partial charge in [-0.25, -0.2) is 8.78 Å². The monoisotopic (exact) mass is 917 g/mol. The van der Waals surface area contributed by atoms with Crippen LogP contribution in [-0.4, -0.2) is 155 Å². The lowest BCUT2D eigenvalue weighted by molar-refractivity contribution is -0.870. The lowest BCUT2D eigenvalue weighted by Gasteiger charge is -2.26. The van der Waals surface area contributed by atoms with Crippen molar-refractivity contribution in [3.63, 3.8) is 0 Å². The zero-order chi connectivity index (χ0) is 48.6. The fraction of sp³-hybridized carbons (Fsp3) is 0.621. The van der Waals surface area contributed by atoms with E-state index in [9.17, 15) is 0 Å². The molecule has 0 aliphatic heterocycles. The molecule has 0 radical (unpaired) electrons. The average Bonchev–Trinajstić information content (AvgIpc) is 3.22. The van der Waals surface area contributed by atoms with E-state index in [1.807, 2.05) is 12.2 Å². The number of unbranched alkanes of at least 4 members (excludes halogenated alkanes) is 12. The predicted molar refractivity (Wildman–Crippen MR) is 287 cm³/mol. The van der Waals surface area contributed by atoms with Crippen molar-refractivity contribution in [3.8, 4) is 0 Å². The highest BCUT2D eigenvalue weighted by molar-refractivity contribution is 5.74. The minimum Gasteiger partial charge on any atom is -0.372 e. The van der Waals surface area contributed by atoms with E-state index in [1.54, 1.807) is 12.2 Å². The third-order valence-electron chi connectivity index (χ3n) is 12.6. The highest BCUT2D eigenvalue weighted by atomic mass is 19.1. The molecule has 3 aromatic carbocycles. The van der Waals surface area contributed by atoms with Gasteiger partial charge >= 0.3 is 0 Å². The largest absolute Gasteiger partial charge is 0.372 e. The van der Waals surface area contributed by atoms with E-state index in [2.05, 4.69) is 143 Å². The van der Waals surface area contributed by atoms with Crippen LogP contribution < -0.4 is 9.80 Å². The van der Waals surface area contributed by atoms with Crippen LogP contribution in [0.25, 0.3) is 24.3 Å². The third-order valence-corrected chi connectivity index (χ3v) is 12.6. The van der Waals surface area contributed by atoms with Crippen molar-refractivity contribution >= 4 is 35.7 Å². The summed E-state index contributed by atoms with van der Waals surface area (Å²) in [6, 6.07) is 19.8.